The first-order valence-corrected chi connectivity index (χ1v) is 5.33. The van der Waals surface area contributed by atoms with Crippen molar-refractivity contribution in [3.8, 4) is 5.19 Å². The van der Waals surface area contributed by atoms with E-state index in [1.807, 2.05) is 0 Å². The number of nitrogen functional groups attached to an aromatic ring is 1. The van der Waals surface area contributed by atoms with Crippen molar-refractivity contribution in [1.29, 1.82) is 0 Å². The normalized spacial score (nSPS) is 9.06. The van der Waals surface area contributed by atoms with Gasteiger partial charge in [-0.2, -0.15) is 12.8 Å². The number of nitrogens with zero attached hydrogens (tertiary/aromatic N) is 2. The predicted molar refractivity (Wildman–Crippen MR) is 61.4 cm³/mol. The number of hydrogen-bond acceptors (Lipinski definition) is 6. The molecule has 1 heterocycles. The minimum atomic E-state index is 0. The Balaban J connectivity index is 0. The predicted octanol–water partition coefficient (Wildman–Crippen LogP) is 1.17. The molecule has 0 spiro atoms. The molecule has 1 aromatic heterocycles. The molecule has 0 bridgehead atoms. The summed E-state index contributed by atoms with van der Waals surface area (Å²) in [6, 6.07) is 0. The largest absolute Gasteiger partial charge is 2.00 e. The van der Waals surface area contributed by atoms with E-state index < -0.39 is 0 Å². The van der Waals surface area contributed by atoms with Gasteiger partial charge in [0.2, 0.25) is 5.13 Å². The zero-order valence-electron chi connectivity index (χ0n) is 9.30. The van der Waals surface area contributed by atoms with E-state index in [-0.39, 0.29) is 22.4 Å². The molecule has 0 aromatic carbocycles. The molecule has 0 aliphatic carbocycles. The molecule has 1 rings (SSSR count). The summed E-state index contributed by atoms with van der Waals surface area (Å²) in [6.45, 7) is 8.18. The summed E-state index contributed by atoms with van der Waals surface area (Å²) < 4.78 is 5.36. The Hall–Kier alpha value is -0.140. The van der Waals surface area contributed by atoms with Crippen LogP contribution < -0.4 is 10.5 Å². The van der Waals surface area contributed by atoms with Gasteiger partial charge in [-0.3, -0.25) is 0 Å². The second kappa shape index (κ2) is 11.3. The molecule has 91 valence electrons. The molecular weight excluding hydrogens is 307 g/mol. The summed E-state index contributed by atoms with van der Waals surface area (Å²) in [5.74, 6) is 0.380. The molecule has 0 saturated carbocycles. The molecule has 1 radical (unpaired) electrons. The van der Waals surface area contributed by atoms with E-state index >= 15 is 0 Å². The van der Waals surface area contributed by atoms with Crippen molar-refractivity contribution in [2.45, 2.75) is 12.8 Å². The van der Waals surface area contributed by atoms with Gasteiger partial charge in [0.25, 0.3) is 5.19 Å². The van der Waals surface area contributed by atoms with Crippen molar-refractivity contribution >= 4 is 16.5 Å². The van der Waals surface area contributed by atoms with Gasteiger partial charge in [0.05, 0.1) is 6.61 Å². The Morgan fingerprint density at radius 2 is 1.94 bits per heavy atom. The molecule has 0 amide bonds. The fraction of sp³-hybridized carbons (Fsp3) is 0.556. The minimum Gasteiger partial charge on any atom is -0.469 e. The fourth-order valence-corrected chi connectivity index (χ4v) is 1.25. The van der Waals surface area contributed by atoms with Crippen molar-refractivity contribution in [2.24, 2.45) is 5.92 Å². The number of anilines is 1. The van der Waals surface area contributed by atoms with E-state index in [1.54, 1.807) is 0 Å². The molecule has 7 heteroatoms. The summed E-state index contributed by atoms with van der Waals surface area (Å²) >= 11 is 1.24. The standard InChI is InChI=1S/C8H13N3OS.CH4O.Nb/c1-3-6(4-2)5-12-8-11-10-7(9)13-8;1-2;/h6H,1-5H2,(H2,9,10);2H,1H3;/q-2;;+2. The van der Waals surface area contributed by atoms with Gasteiger partial charge in [0.15, 0.2) is 0 Å². The fourth-order valence-electron chi connectivity index (χ4n) is 0.779. The van der Waals surface area contributed by atoms with E-state index in [9.17, 15) is 0 Å². The van der Waals surface area contributed by atoms with Gasteiger partial charge in [-0.1, -0.05) is 11.0 Å². The smallest absolute Gasteiger partial charge is 0.469 e. The first-order valence-electron chi connectivity index (χ1n) is 4.51. The quantitative estimate of drug-likeness (QED) is 0.628. The third kappa shape index (κ3) is 7.19. The van der Waals surface area contributed by atoms with Crippen LogP contribution in [0.15, 0.2) is 0 Å². The molecule has 0 saturated heterocycles. The second-order valence-electron chi connectivity index (χ2n) is 2.66. The molecule has 3 N–H and O–H groups in total. The first kappa shape index (κ1) is 18.2. The van der Waals surface area contributed by atoms with Gasteiger partial charge < -0.3 is 29.4 Å². The van der Waals surface area contributed by atoms with Crippen LogP contribution in [0.3, 0.4) is 0 Å². The van der Waals surface area contributed by atoms with Crippen molar-refractivity contribution in [2.75, 3.05) is 19.5 Å². The van der Waals surface area contributed by atoms with Crippen molar-refractivity contribution in [3.05, 3.63) is 13.8 Å². The Labute approximate surface area is 116 Å². The van der Waals surface area contributed by atoms with Gasteiger partial charge in [0.1, 0.15) is 0 Å². The van der Waals surface area contributed by atoms with Gasteiger partial charge in [-0.25, -0.2) is 0 Å². The van der Waals surface area contributed by atoms with E-state index in [2.05, 4.69) is 24.0 Å². The number of aliphatic hydroxyl groups is 1. The van der Waals surface area contributed by atoms with Crippen molar-refractivity contribution in [1.82, 2.24) is 10.2 Å². The molecule has 0 fully saturated rings. The second-order valence-corrected chi connectivity index (χ2v) is 3.63. The van der Waals surface area contributed by atoms with Gasteiger partial charge in [0, 0.05) is 7.11 Å². The first-order chi connectivity index (χ1) is 7.26. The maximum absolute atomic E-state index is 7.00. The SMILES string of the molecule is CO.[CH2-]CC(C[CH2-])COc1nnc(N)s1.[Nb+2]. The van der Waals surface area contributed by atoms with E-state index in [1.165, 1.54) is 11.3 Å². The Morgan fingerprint density at radius 3 is 2.31 bits per heavy atom. The topological polar surface area (TPSA) is 81.3 Å². The minimum absolute atomic E-state index is 0. The maximum atomic E-state index is 7.00. The summed E-state index contributed by atoms with van der Waals surface area (Å²) in [5, 5.41) is 15.3. The van der Waals surface area contributed by atoms with Gasteiger partial charge in [-0.05, 0) is 11.3 Å². The maximum Gasteiger partial charge on any atom is 2.00 e. The van der Waals surface area contributed by atoms with Crippen LogP contribution in [0.4, 0.5) is 5.13 Å². The van der Waals surface area contributed by atoms with Crippen LogP contribution in [0.5, 0.6) is 5.19 Å². The molecular formula is C9H17N3NbO2S. The van der Waals surface area contributed by atoms with E-state index in [4.69, 9.17) is 15.6 Å². The molecule has 0 atom stereocenters. The Kier molecular flexibility index (Phi) is 12.9. The summed E-state index contributed by atoms with van der Waals surface area (Å²) in [6.07, 6.45) is 1.63. The molecule has 0 unspecified atom stereocenters. The molecule has 0 aliphatic rings. The van der Waals surface area contributed by atoms with Crippen LogP contribution in [0.25, 0.3) is 0 Å². The summed E-state index contributed by atoms with van der Waals surface area (Å²) in [7, 11) is 1.00. The Morgan fingerprint density at radius 1 is 1.38 bits per heavy atom. The third-order valence-corrected chi connectivity index (χ3v) is 2.35. The zero-order valence-corrected chi connectivity index (χ0v) is 12.3. The van der Waals surface area contributed by atoms with Crippen molar-refractivity contribution < 1.29 is 32.2 Å². The number of ether oxygens (including phenoxy) is 1. The average Bonchev–Trinajstić information content (AvgIpc) is 2.69. The molecule has 5 nitrogen and oxygen atoms in total. The summed E-state index contributed by atoms with van der Waals surface area (Å²) in [4.78, 5) is 0. The van der Waals surface area contributed by atoms with Gasteiger partial charge in [-0.15, -0.1) is 5.10 Å². The monoisotopic (exact) mass is 324 g/mol. The van der Waals surface area contributed by atoms with Crippen molar-refractivity contribution in [3.63, 3.8) is 0 Å². The van der Waals surface area contributed by atoms with Crippen LogP contribution in [0, 0.1) is 19.8 Å². The summed E-state index contributed by atoms with van der Waals surface area (Å²) in [5.41, 5.74) is 5.39. The van der Waals surface area contributed by atoms with E-state index in [0.717, 1.165) is 20.0 Å². The third-order valence-electron chi connectivity index (χ3n) is 1.68. The zero-order chi connectivity index (χ0) is 11.7. The van der Waals surface area contributed by atoms with Gasteiger partial charge >= 0.3 is 22.4 Å². The van der Waals surface area contributed by atoms with Crippen LogP contribution >= 0.6 is 11.3 Å². The number of nitrogens with two attached hydrogens (primary N) is 1. The van der Waals surface area contributed by atoms with E-state index in [0.29, 0.717) is 22.9 Å². The Bertz CT molecular complexity index is 257. The average molecular weight is 324 g/mol. The number of rotatable bonds is 5. The van der Waals surface area contributed by atoms with Crippen LogP contribution in [-0.2, 0) is 22.4 Å². The number of aliphatic hydroxyl groups excluding tert-OH is 1. The number of hydrogen-bond donors (Lipinski definition) is 2. The van der Waals surface area contributed by atoms with Crippen LogP contribution in [0.2, 0.25) is 0 Å². The van der Waals surface area contributed by atoms with Crippen LogP contribution in [-0.4, -0.2) is 29.0 Å². The molecule has 0 aliphatic heterocycles. The number of aromatic nitrogens is 2. The molecule has 1 aromatic rings. The molecule has 16 heavy (non-hydrogen) atoms. The van der Waals surface area contributed by atoms with Crippen LogP contribution in [0.1, 0.15) is 12.8 Å².